The van der Waals surface area contributed by atoms with Gasteiger partial charge in [0.2, 0.25) is 0 Å². The Bertz CT molecular complexity index is 689. The Kier molecular flexibility index (Phi) is 5.11. The van der Waals surface area contributed by atoms with Gasteiger partial charge in [-0.15, -0.1) is 0 Å². The first kappa shape index (κ1) is 16.5. The zero-order valence-electron chi connectivity index (χ0n) is 14.3. The van der Waals surface area contributed by atoms with Gasteiger partial charge in [-0.1, -0.05) is 12.1 Å². The molecule has 3 rings (SSSR count). The van der Waals surface area contributed by atoms with Crippen molar-refractivity contribution in [2.24, 2.45) is 0 Å². The predicted molar refractivity (Wildman–Crippen MR) is 91.0 cm³/mol. The lowest BCUT2D eigenvalue weighted by Gasteiger charge is -2.29. The molecule has 0 aromatic heterocycles. The van der Waals surface area contributed by atoms with Crippen molar-refractivity contribution in [2.45, 2.75) is 25.6 Å². The molecule has 0 radical (unpaired) electrons. The first-order valence-corrected chi connectivity index (χ1v) is 8.14. The van der Waals surface area contributed by atoms with E-state index in [9.17, 15) is 0 Å². The molecule has 0 saturated heterocycles. The van der Waals surface area contributed by atoms with Crippen molar-refractivity contribution in [3.63, 3.8) is 0 Å². The van der Waals surface area contributed by atoms with E-state index in [-0.39, 0.29) is 12.1 Å². The lowest BCUT2D eigenvalue weighted by atomic mass is 10.1. The van der Waals surface area contributed by atoms with Crippen molar-refractivity contribution in [3.05, 3.63) is 48.0 Å². The summed E-state index contributed by atoms with van der Waals surface area (Å²) in [7, 11) is 3.33. The number of quaternary nitrogens is 1. The normalized spacial score (nSPS) is 17.2. The van der Waals surface area contributed by atoms with Gasteiger partial charge in [0.15, 0.2) is 17.6 Å². The molecule has 1 aliphatic heterocycles. The van der Waals surface area contributed by atoms with Gasteiger partial charge in [0.25, 0.3) is 0 Å². The molecule has 2 atom stereocenters. The van der Waals surface area contributed by atoms with Crippen molar-refractivity contribution in [2.75, 3.05) is 20.8 Å². The second-order valence-electron chi connectivity index (χ2n) is 5.89. The fraction of sp³-hybridized carbons (Fsp3) is 0.368. The van der Waals surface area contributed by atoms with Crippen LogP contribution in [0.15, 0.2) is 42.5 Å². The Morgan fingerprint density at radius 3 is 2.67 bits per heavy atom. The Labute approximate surface area is 142 Å². The van der Waals surface area contributed by atoms with Gasteiger partial charge in [-0.3, -0.25) is 0 Å². The van der Waals surface area contributed by atoms with E-state index >= 15 is 0 Å². The van der Waals surface area contributed by atoms with Crippen molar-refractivity contribution in [1.29, 1.82) is 0 Å². The van der Waals surface area contributed by atoms with E-state index in [4.69, 9.17) is 18.9 Å². The Morgan fingerprint density at radius 2 is 1.92 bits per heavy atom. The van der Waals surface area contributed by atoms with Crippen LogP contribution in [0.1, 0.15) is 12.5 Å². The number of methoxy groups -OCH3 is 2. The zero-order valence-corrected chi connectivity index (χ0v) is 14.3. The van der Waals surface area contributed by atoms with Crippen LogP contribution in [0.4, 0.5) is 0 Å². The first-order chi connectivity index (χ1) is 11.7. The van der Waals surface area contributed by atoms with Gasteiger partial charge >= 0.3 is 0 Å². The molecule has 0 amide bonds. The molecule has 0 aliphatic carbocycles. The van der Waals surface area contributed by atoms with Gasteiger partial charge in [-0.2, -0.15) is 0 Å². The third-order valence-corrected chi connectivity index (χ3v) is 4.32. The van der Waals surface area contributed by atoms with Crippen LogP contribution in [-0.2, 0) is 6.54 Å². The molecule has 24 heavy (non-hydrogen) atoms. The van der Waals surface area contributed by atoms with E-state index in [0.29, 0.717) is 6.61 Å². The Morgan fingerprint density at radius 1 is 1.12 bits per heavy atom. The third-order valence-electron chi connectivity index (χ3n) is 4.32. The SMILES string of the molecule is COc1ccc(C[NH2+][C@@H](C)[C@@H]2COc3ccccc3O2)c(OC)c1. The van der Waals surface area contributed by atoms with E-state index in [1.54, 1.807) is 14.2 Å². The smallest absolute Gasteiger partial charge is 0.184 e. The van der Waals surface area contributed by atoms with E-state index < -0.39 is 0 Å². The number of nitrogens with two attached hydrogens (primary N) is 1. The maximum Gasteiger partial charge on any atom is 0.184 e. The molecular formula is C19H24NO4+. The Balaban J connectivity index is 1.61. The van der Waals surface area contributed by atoms with Crippen molar-refractivity contribution in [1.82, 2.24) is 0 Å². The minimum Gasteiger partial charge on any atom is -0.497 e. The number of hydrogen-bond acceptors (Lipinski definition) is 4. The lowest BCUT2D eigenvalue weighted by Crippen LogP contribution is -2.91. The van der Waals surface area contributed by atoms with Crippen LogP contribution in [-0.4, -0.2) is 33.0 Å². The highest BCUT2D eigenvalue weighted by Gasteiger charge is 2.28. The molecule has 2 N–H and O–H groups in total. The Hall–Kier alpha value is -2.40. The first-order valence-electron chi connectivity index (χ1n) is 8.14. The molecule has 128 valence electrons. The van der Waals surface area contributed by atoms with Crippen LogP contribution in [0.2, 0.25) is 0 Å². The van der Waals surface area contributed by atoms with Crippen molar-refractivity contribution < 1.29 is 24.3 Å². The van der Waals surface area contributed by atoms with E-state index in [2.05, 4.69) is 12.2 Å². The molecule has 5 nitrogen and oxygen atoms in total. The summed E-state index contributed by atoms with van der Waals surface area (Å²) in [6.45, 7) is 3.52. The second-order valence-corrected chi connectivity index (χ2v) is 5.89. The average molecular weight is 330 g/mol. The number of fused-ring (bicyclic) bond motifs is 1. The van der Waals surface area contributed by atoms with Gasteiger partial charge in [0, 0.05) is 11.6 Å². The van der Waals surface area contributed by atoms with E-state index in [1.165, 1.54) is 0 Å². The van der Waals surface area contributed by atoms with E-state index in [0.717, 1.165) is 35.1 Å². The minimum atomic E-state index is 0.0177. The number of rotatable bonds is 6. The van der Waals surface area contributed by atoms with Gasteiger partial charge in [0.1, 0.15) is 30.7 Å². The standard InChI is InChI=1S/C19H23NO4/c1-13(19-12-23-16-6-4-5-7-17(16)24-19)20-11-14-8-9-15(21-2)10-18(14)22-3/h4-10,13,19-20H,11-12H2,1-3H3/p+1/t13-,19-/m0/s1. The summed E-state index contributed by atoms with van der Waals surface area (Å²) in [5.74, 6) is 3.27. The second kappa shape index (κ2) is 7.45. The molecule has 5 heteroatoms. The highest BCUT2D eigenvalue weighted by molar-refractivity contribution is 5.41. The molecule has 0 spiro atoms. The molecular weight excluding hydrogens is 306 g/mol. The number of hydrogen-bond donors (Lipinski definition) is 1. The third kappa shape index (κ3) is 3.57. The van der Waals surface area contributed by atoms with Crippen LogP contribution in [0.3, 0.4) is 0 Å². The molecule has 2 aromatic carbocycles. The summed E-state index contributed by atoms with van der Waals surface area (Å²) in [5.41, 5.74) is 1.13. The van der Waals surface area contributed by atoms with Gasteiger partial charge in [-0.05, 0) is 31.2 Å². The molecule has 1 heterocycles. The summed E-state index contributed by atoms with van der Waals surface area (Å²) in [5, 5.41) is 2.24. The average Bonchev–Trinajstić information content (AvgIpc) is 2.65. The van der Waals surface area contributed by atoms with Crippen LogP contribution < -0.4 is 24.3 Å². The van der Waals surface area contributed by atoms with Gasteiger partial charge in [0.05, 0.1) is 14.2 Å². The predicted octanol–water partition coefficient (Wildman–Crippen LogP) is 2.00. The summed E-state index contributed by atoms with van der Waals surface area (Å²) in [6.07, 6.45) is 0.0177. The van der Waals surface area contributed by atoms with Crippen molar-refractivity contribution in [3.8, 4) is 23.0 Å². The molecule has 0 saturated carbocycles. The topological polar surface area (TPSA) is 53.5 Å². The molecule has 0 bridgehead atoms. The van der Waals surface area contributed by atoms with Crippen LogP contribution >= 0.6 is 0 Å². The summed E-state index contributed by atoms with van der Waals surface area (Å²) < 4.78 is 22.6. The van der Waals surface area contributed by atoms with E-state index in [1.807, 2.05) is 42.5 Å². The van der Waals surface area contributed by atoms with Gasteiger partial charge < -0.3 is 24.3 Å². The van der Waals surface area contributed by atoms with Gasteiger partial charge in [-0.25, -0.2) is 0 Å². The molecule has 1 aliphatic rings. The number of ether oxygens (including phenoxy) is 4. The maximum absolute atomic E-state index is 6.07. The highest BCUT2D eigenvalue weighted by Crippen LogP contribution is 2.31. The van der Waals surface area contributed by atoms with Crippen LogP contribution in [0, 0.1) is 0 Å². The summed E-state index contributed by atoms with van der Waals surface area (Å²) in [4.78, 5) is 0. The number of para-hydroxylation sites is 2. The molecule has 2 aromatic rings. The largest absolute Gasteiger partial charge is 0.497 e. The zero-order chi connectivity index (χ0) is 16.9. The quantitative estimate of drug-likeness (QED) is 0.880. The highest BCUT2D eigenvalue weighted by atomic mass is 16.6. The lowest BCUT2D eigenvalue weighted by molar-refractivity contribution is -0.707. The molecule has 0 fully saturated rings. The maximum atomic E-state index is 6.07. The molecule has 0 unspecified atom stereocenters. The van der Waals surface area contributed by atoms with Crippen LogP contribution in [0.5, 0.6) is 23.0 Å². The minimum absolute atomic E-state index is 0.0177. The fourth-order valence-corrected chi connectivity index (χ4v) is 2.78. The monoisotopic (exact) mass is 330 g/mol. The van der Waals surface area contributed by atoms with Crippen molar-refractivity contribution >= 4 is 0 Å². The van der Waals surface area contributed by atoms with Crippen LogP contribution in [0.25, 0.3) is 0 Å². The fourth-order valence-electron chi connectivity index (χ4n) is 2.78. The number of benzene rings is 2. The summed E-state index contributed by atoms with van der Waals surface area (Å²) >= 11 is 0. The summed E-state index contributed by atoms with van der Waals surface area (Å²) in [6, 6.07) is 13.9.